The number of rotatable bonds is 6. The summed E-state index contributed by atoms with van der Waals surface area (Å²) in [6.45, 7) is 10.9. The molecule has 0 bridgehead atoms. The molecule has 0 aliphatic carbocycles. The average molecular weight is 209 g/mol. The Balaban J connectivity index is 2.53. The van der Waals surface area contributed by atoms with Gasteiger partial charge in [0.05, 0.1) is 0 Å². The molecule has 1 rings (SSSR count). The molecule has 0 spiro atoms. The monoisotopic (exact) mass is 209 g/mol. The van der Waals surface area contributed by atoms with Gasteiger partial charge >= 0.3 is 0 Å². The number of aromatic nitrogens is 2. The molecule has 15 heavy (non-hydrogen) atoms. The summed E-state index contributed by atoms with van der Waals surface area (Å²) in [6, 6.07) is 0.553. The van der Waals surface area contributed by atoms with Crippen molar-refractivity contribution in [3.8, 4) is 0 Å². The van der Waals surface area contributed by atoms with Gasteiger partial charge in [-0.1, -0.05) is 13.8 Å². The topological polar surface area (TPSA) is 29.9 Å². The van der Waals surface area contributed by atoms with Crippen LogP contribution in [0.25, 0.3) is 0 Å². The highest BCUT2D eigenvalue weighted by atomic mass is 15.1. The first-order valence-electron chi connectivity index (χ1n) is 5.92. The average Bonchev–Trinajstić information content (AvgIpc) is 2.65. The molecule has 0 saturated carbocycles. The van der Waals surface area contributed by atoms with Crippen LogP contribution in [0.3, 0.4) is 0 Å². The summed E-state index contributed by atoms with van der Waals surface area (Å²) in [7, 11) is 0. The van der Waals surface area contributed by atoms with Crippen LogP contribution in [0.15, 0.2) is 12.4 Å². The Kier molecular flexibility index (Phi) is 4.82. The molecule has 0 amide bonds. The first kappa shape index (κ1) is 12.2. The van der Waals surface area contributed by atoms with Crippen LogP contribution < -0.4 is 5.32 Å². The quantitative estimate of drug-likeness (QED) is 0.777. The van der Waals surface area contributed by atoms with Crippen LogP contribution in [-0.4, -0.2) is 22.1 Å². The zero-order valence-corrected chi connectivity index (χ0v) is 10.3. The van der Waals surface area contributed by atoms with E-state index in [9.17, 15) is 0 Å². The Bertz CT molecular complexity index is 280. The van der Waals surface area contributed by atoms with Crippen LogP contribution in [0.1, 0.15) is 33.5 Å². The second kappa shape index (κ2) is 5.91. The maximum Gasteiger partial charge on any atom is 0.108 e. The molecule has 0 saturated heterocycles. The SMILES string of the molecule is CCNC(C)C(C)Cc1nccn1CC. The van der Waals surface area contributed by atoms with Crippen LogP contribution in [0.2, 0.25) is 0 Å². The van der Waals surface area contributed by atoms with Crippen molar-refractivity contribution in [1.29, 1.82) is 0 Å². The second-order valence-corrected chi connectivity index (χ2v) is 4.16. The van der Waals surface area contributed by atoms with E-state index in [-0.39, 0.29) is 0 Å². The van der Waals surface area contributed by atoms with E-state index in [2.05, 4.69) is 48.8 Å². The van der Waals surface area contributed by atoms with E-state index in [0.717, 1.165) is 19.5 Å². The molecule has 1 aromatic heterocycles. The van der Waals surface area contributed by atoms with Gasteiger partial charge in [0.1, 0.15) is 5.82 Å². The molecular formula is C12H23N3. The minimum atomic E-state index is 0.553. The van der Waals surface area contributed by atoms with Crippen molar-refractivity contribution in [3.05, 3.63) is 18.2 Å². The predicted molar refractivity (Wildman–Crippen MR) is 63.9 cm³/mol. The molecule has 0 radical (unpaired) electrons. The largest absolute Gasteiger partial charge is 0.335 e. The maximum atomic E-state index is 4.40. The number of imidazole rings is 1. The van der Waals surface area contributed by atoms with Crippen molar-refractivity contribution in [3.63, 3.8) is 0 Å². The third-order valence-corrected chi connectivity index (χ3v) is 3.03. The normalized spacial score (nSPS) is 15.2. The highest BCUT2D eigenvalue weighted by Crippen LogP contribution is 2.10. The van der Waals surface area contributed by atoms with E-state index in [1.54, 1.807) is 0 Å². The summed E-state index contributed by atoms with van der Waals surface area (Å²) >= 11 is 0. The molecule has 0 fully saturated rings. The van der Waals surface area contributed by atoms with Gasteiger partial charge < -0.3 is 9.88 Å². The summed E-state index contributed by atoms with van der Waals surface area (Å²) in [4.78, 5) is 4.40. The van der Waals surface area contributed by atoms with Gasteiger partial charge in [-0.05, 0) is 26.3 Å². The highest BCUT2D eigenvalue weighted by Gasteiger charge is 2.13. The molecule has 86 valence electrons. The maximum absolute atomic E-state index is 4.40. The van der Waals surface area contributed by atoms with Gasteiger partial charge in [-0.2, -0.15) is 0 Å². The van der Waals surface area contributed by atoms with Crippen molar-refractivity contribution in [2.24, 2.45) is 5.92 Å². The molecule has 0 aliphatic rings. The van der Waals surface area contributed by atoms with Gasteiger partial charge in [0.15, 0.2) is 0 Å². The Morgan fingerprint density at radius 1 is 1.40 bits per heavy atom. The highest BCUT2D eigenvalue weighted by molar-refractivity contribution is 4.94. The summed E-state index contributed by atoms with van der Waals surface area (Å²) in [5.74, 6) is 1.83. The van der Waals surface area contributed by atoms with E-state index in [1.807, 2.05) is 6.20 Å². The van der Waals surface area contributed by atoms with E-state index >= 15 is 0 Å². The molecular weight excluding hydrogens is 186 g/mol. The van der Waals surface area contributed by atoms with Crippen LogP contribution in [0, 0.1) is 5.92 Å². The number of hydrogen-bond acceptors (Lipinski definition) is 2. The number of aryl methyl sites for hydroxylation is 1. The minimum Gasteiger partial charge on any atom is -0.335 e. The fourth-order valence-electron chi connectivity index (χ4n) is 1.81. The number of nitrogens with zero attached hydrogens (tertiary/aromatic N) is 2. The fourth-order valence-corrected chi connectivity index (χ4v) is 1.81. The predicted octanol–water partition coefficient (Wildman–Crippen LogP) is 2.08. The van der Waals surface area contributed by atoms with E-state index < -0.39 is 0 Å². The Morgan fingerprint density at radius 3 is 2.73 bits per heavy atom. The summed E-state index contributed by atoms with van der Waals surface area (Å²) in [5.41, 5.74) is 0. The van der Waals surface area contributed by atoms with Crippen molar-refractivity contribution in [2.75, 3.05) is 6.54 Å². The Labute approximate surface area is 92.9 Å². The lowest BCUT2D eigenvalue weighted by atomic mass is 9.99. The van der Waals surface area contributed by atoms with Gasteiger partial charge in [-0.3, -0.25) is 0 Å². The zero-order valence-electron chi connectivity index (χ0n) is 10.3. The van der Waals surface area contributed by atoms with Gasteiger partial charge in [0.2, 0.25) is 0 Å². The van der Waals surface area contributed by atoms with Gasteiger partial charge in [-0.15, -0.1) is 0 Å². The summed E-state index contributed by atoms with van der Waals surface area (Å²) < 4.78 is 2.22. The molecule has 1 heterocycles. The van der Waals surface area contributed by atoms with Crippen molar-refractivity contribution < 1.29 is 0 Å². The molecule has 0 aromatic carbocycles. The number of hydrogen-bond donors (Lipinski definition) is 1. The lowest BCUT2D eigenvalue weighted by Gasteiger charge is -2.20. The van der Waals surface area contributed by atoms with Crippen LogP contribution >= 0.6 is 0 Å². The van der Waals surface area contributed by atoms with Gasteiger partial charge in [-0.25, -0.2) is 4.98 Å². The molecule has 3 nitrogen and oxygen atoms in total. The van der Waals surface area contributed by atoms with Crippen molar-refractivity contribution in [1.82, 2.24) is 14.9 Å². The summed E-state index contributed by atoms with van der Waals surface area (Å²) in [5, 5.41) is 3.46. The van der Waals surface area contributed by atoms with E-state index in [4.69, 9.17) is 0 Å². The Morgan fingerprint density at radius 2 is 2.13 bits per heavy atom. The van der Waals surface area contributed by atoms with Crippen LogP contribution in [0.4, 0.5) is 0 Å². The third-order valence-electron chi connectivity index (χ3n) is 3.03. The van der Waals surface area contributed by atoms with Crippen molar-refractivity contribution in [2.45, 2.75) is 46.7 Å². The molecule has 2 unspecified atom stereocenters. The van der Waals surface area contributed by atoms with Crippen LogP contribution in [-0.2, 0) is 13.0 Å². The number of nitrogens with one attached hydrogen (secondary N) is 1. The minimum absolute atomic E-state index is 0.553. The van der Waals surface area contributed by atoms with Crippen LogP contribution in [0.5, 0.6) is 0 Å². The first-order valence-corrected chi connectivity index (χ1v) is 5.92. The molecule has 3 heteroatoms. The standard InChI is InChI=1S/C12H23N3/c1-5-13-11(4)10(3)9-12-14-7-8-15(12)6-2/h7-8,10-11,13H,5-6,9H2,1-4H3. The fraction of sp³-hybridized carbons (Fsp3) is 0.750. The lowest BCUT2D eigenvalue weighted by molar-refractivity contribution is 0.395. The molecule has 0 aliphatic heterocycles. The molecule has 1 aromatic rings. The third kappa shape index (κ3) is 3.34. The van der Waals surface area contributed by atoms with Gasteiger partial charge in [0, 0.05) is 31.4 Å². The lowest BCUT2D eigenvalue weighted by Crippen LogP contribution is -2.33. The zero-order chi connectivity index (χ0) is 11.3. The van der Waals surface area contributed by atoms with Crippen molar-refractivity contribution >= 4 is 0 Å². The van der Waals surface area contributed by atoms with E-state index in [1.165, 1.54) is 5.82 Å². The Hall–Kier alpha value is -0.830. The summed E-state index contributed by atoms with van der Waals surface area (Å²) in [6.07, 6.45) is 5.00. The first-order chi connectivity index (χ1) is 7.19. The van der Waals surface area contributed by atoms with Gasteiger partial charge in [0.25, 0.3) is 0 Å². The second-order valence-electron chi connectivity index (χ2n) is 4.16. The molecule has 2 atom stereocenters. The molecule has 1 N–H and O–H groups in total. The smallest absolute Gasteiger partial charge is 0.108 e. The van der Waals surface area contributed by atoms with E-state index in [0.29, 0.717) is 12.0 Å².